The Hall–Kier alpha value is -0.810. The average molecular weight is 342 g/mol. The van der Waals surface area contributed by atoms with Crippen molar-refractivity contribution in [1.29, 1.82) is 0 Å². The second kappa shape index (κ2) is 6.98. The van der Waals surface area contributed by atoms with Crippen LogP contribution in [0.3, 0.4) is 0 Å². The highest BCUT2D eigenvalue weighted by molar-refractivity contribution is 5.85. The summed E-state index contributed by atoms with van der Waals surface area (Å²) in [4.78, 5) is 29.5. The van der Waals surface area contributed by atoms with Crippen molar-refractivity contribution in [3.05, 3.63) is 0 Å². The minimum absolute atomic E-state index is 0. The Morgan fingerprint density at radius 1 is 0.870 bits per heavy atom. The third-order valence-corrected chi connectivity index (χ3v) is 5.92. The van der Waals surface area contributed by atoms with Crippen LogP contribution in [0.25, 0.3) is 0 Å². The van der Waals surface area contributed by atoms with Crippen molar-refractivity contribution in [3.8, 4) is 0 Å². The lowest BCUT2D eigenvalue weighted by molar-refractivity contribution is -0.143. The van der Waals surface area contributed by atoms with Crippen molar-refractivity contribution in [2.24, 2.45) is 11.8 Å². The molecule has 3 atom stereocenters. The predicted molar refractivity (Wildman–Crippen MR) is 90.4 cm³/mol. The van der Waals surface area contributed by atoms with Gasteiger partial charge in [0.15, 0.2) is 0 Å². The van der Waals surface area contributed by atoms with Gasteiger partial charge in [-0.2, -0.15) is 0 Å². The predicted octanol–water partition coefficient (Wildman–Crippen LogP) is 1.41. The van der Waals surface area contributed by atoms with E-state index in [0.717, 1.165) is 64.6 Å². The first-order valence-electron chi connectivity index (χ1n) is 9.05. The summed E-state index contributed by atoms with van der Waals surface area (Å²) in [6.45, 7) is 3.49. The summed E-state index contributed by atoms with van der Waals surface area (Å²) in [5.41, 5.74) is 0. The van der Waals surface area contributed by atoms with Crippen molar-refractivity contribution in [2.75, 3.05) is 26.2 Å². The highest BCUT2D eigenvalue weighted by Crippen LogP contribution is 2.34. The molecule has 23 heavy (non-hydrogen) atoms. The van der Waals surface area contributed by atoms with E-state index in [-0.39, 0.29) is 24.2 Å². The highest BCUT2D eigenvalue weighted by atomic mass is 35.5. The first kappa shape index (κ1) is 17.0. The molecule has 1 N–H and O–H groups in total. The molecule has 5 nitrogen and oxygen atoms in total. The third-order valence-electron chi connectivity index (χ3n) is 5.92. The van der Waals surface area contributed by atoms with E-state index >= 15 is 0 Å². The number of fused-ring (bicyclic) bond motifs is 2. The number of carbonyl (C=O) groups excluding carboxylic acids is 2. The van der Waals surface area contributed by atoms with Crippen molar-refractivity contribution in [3.63, 3.8) is 0 Å². The molecule has 2 amide bonds. The smallest absolute Gasteiger partial charge is 0.228 e. The molecular weight excluding hydrogens is 314 g/mol. The molecule has 0 aromatic carbocycles. The van der Waals surface area contributed by atoms with E-state index in [4.69, 9.17) is 0 Å². The number of amides is 2. The fourth-order valence-electron chi connectivity index (χ4n) is 4.52. The molecule has 4 aliphatic rings. The minimum Gasteiger partial charge on any atom is -0.342 e. The quantitative estimate of drug-likeness (QED) is 0.826. The maximum Gasteiger partial charge on any atom is 0.228 e. The number of hydrogen-bond donors (Lipinski definition) is 1. The maximum atomic E-state index is 13.1. The van der Waals surface area contributed by atoms with E-state index in [1.54, 1.807) is 0 Å². The topological polar surface area (TPSA) is 52.7 Å². The summed E-state index contributed by atoms with van der Waals surface area (Å²) in [6.07, 6.45) is 7.43. The zero-order valence-corrected chi connectivity index (χ0v) is 14.5. The van der Waals surface area contributed by atoms with Crippen LogP contribution >= 0.6 is 12.4 Å². The van der Waals surface area contributed by atoms with Crippen LogP contribution in [0.4, 0.5) is 0 Å². The fraction of sp³-hybridized carbons (Fsp3) is 0.882. The molecular formula is C17H28ClN3O2. The molecule has 6 heteroatoms. The summed E-state index contributed by atoms with van der Waals surface area (Å²) in [7, 11) is 0. The second-order valence-electron chi connectivity index (χ2n) is 7.52. The molecule has 0 spiro atoms. The molecule has 3 saturated heterocycles. The van der Waals surface area contributed by atoms with Crippen LogP contribution in [-0.2, 0) is 9.59 Å². The molecule has 0 aromatic heterocycles. The van der Waals surface area contributed by atoms with Crippen LogP contribution in [0.1, 0.15) is 44.9 Å². The maximum absolute atomic E-state index is 13.1. The van der Waals surface area contributed by atoms with Crippen molar-refractivity contribution in [1.82, 2.24) is 15.1 Å². The van der Waals surface area contributed by atoms with E-state index in [1.165, 1.54) is 0 Å². The summed E-state index contributed by atoms with van der Waals surface area (Å²) >= 11 is 0. The summed E-state index contributed by atoms with van der Waals surface area (Å²) in [6, 6.07) is 0.816. The number of nitrogens with one attached hydrogen (secondary N) is 1. The monoisotopic (exact) mass is 341 g/mol. The van der Waals surface area contributed by atoms with Crippen molar-refractivity contribution >= 4 is 24.2 Å². The van der Waals surface area contributed by atoms with Crippen LogP contribution in [0.5, 0.6) is 0 Å². The van der Waals surface area contributed by atoms with Gasteiger partial charge >= 0.3 is 0 Å². The number of piperidine rings is 1. The van der Waals surface area contributed by atoms with Crippen LogP contribution in [0.2, 0.25) is 0 Å². The molecule has 4 rings (SSSR count). The van der Waals surface area contributed by atoms with E-state index in [0.29, 0.717) is 30.4 Å². The molecule has 0 radical (unpaired) electrons. The van der Waals surface area contributed by atoms with Crippen LogP contribution in [0, 0.1) is 11.8 Å². The SMILES string of the molecule is Cl.O=C(C1CC1)N1CCCC(C(=O)N2C3CCNCC2CC3)C1. The Bertz CT molecular complexity index is 455. The van der Waals surface area contributed by atoms with Gasteiger partial charge in [0.2, 0.25) is 11.8 Å². The van der Waals surface area contributed by atoms with Gasteiger partial charge in [-0.15, -0.1) is 12.4 Å². The summed E-state index contributed by atoms with van der Waals surface area (Å²) in [5.74, 6) is 0.938. The number of hydrogen-bond acceptors (Lipinski definition) is 3. The molecule has 3 aliphatic heterocycles. The Labute approximate surface area is 144 Å². The standard InChI is InChI=1S/C17H27N3O2.ClH/c21-16(12-3-4-12)19-9-1-2-13(11-19)17(22)20-14-5-6-15(20)10-18-8-7-14;/h12-15,18H,1-11H2;1H. The summed E-state index contributed by atoms with van der Waals surface area (Å²) in [5, 5.41) is 3.46. The number of rotatable bonds is 2. The largest absolute Gasteiger partial charge is 0.342 e. The highest BCUT2D eigenvalue weighted by Gasteiger charge is 2.42. The molecule has 4 fully saturated rings. The van der Waals surface area contributed by atoms with E-state index in [9.17, 15) is 9.59 Å². The zero-order chi connectivity index (χ0) is 15.1. The van der Waals surface area contributed by atoms with Gasteiger partial charge in [0.1, 0.15) is 0 Å². The molecule has 130 valence electrons. The van der Waals surface area contributed by atoms with Crippen molar-refractivity contribution < 1.29 is 9.59 Å². The van der Waals surface area contributed by atoms with Gasteiger partial charge in [0.25, 0.3) is 0 Å². The Morgan fingerprint density at radius 3 is 2.43 bits per heavy atom. The van der Waals surface area contributed by atoms with Crippen LogP contribution < -0.4 is 5.32 Å². The third kappa shape index (κ3) is 3.36. The van der Waals surface area contributed by atoms with Gasteiger partial charge in [-0.3, -0.25) is 9.59 Å². The minimum atomic E-state index is 0. The number of carbonyl (C=O) groups is 2. The molecule has 1 aliphatic carbocycles. The summed E-state index contributed by atoms with van der Waals surface area (Å²) < 4.78 is 0. The van der Waals surface area contributed by atoms with E-state index in [2.05, 4.69) is 10.2 Å². The van der Waals surface area contributed by atoms with Gasteiger partial charge in [-0.05, 0) is 51.5 Å². The van der Waals surface area contributed by atoms with Gasteiger partial charge in [-0.25, -0.2) is 0 Å². The van der Waals surface area contributed by atoms with Gasteiger partial charge in [0.05, 0.1) is 5.92 Å². The van der Waals surface area contributed by atoms with Gasteiger partial charge in [0, 0.05) is 37.6 Å². The first-order valence-corrected chi connectivity index (χ1v) is 9.05. The lowest BCUT2D eigenvalue weighted by atomic mass is 9.95. The van der Waals surface area contributed by atoms with Gasteiger partial charge < -0.3 is 15.1 Å². The normalized spacial score (nSPS) is 33.8. The van der Waals surface area contributed by atoms with Crippen LogP contribution in [-0.4, -0.2) is 59.9 Å². The zero-order valence-electron chi connectivity index (χ0n) is 13.7. The molecule has 3 heterocycles. The van der Waals surface area contributed by atoms with E-state index < -0.39 is 0 Å². The lowest BCUT2D eigenvalue weighted by Gasteiger charge is -2.37. The first-order chi connectivity index (χ1) is 10.7. The fourth-order valence-corrected chi connectivity index (χ4v) is 4.52. The number of nitrogens with zero attached hydrogens (tertiary/aromatic N) is 2. The van der Waals surface area contributed by atoms with Gasteiger partial charge in [-0.1, -0.05) is 0 Å². The molecule has 2 bridgehead atoms. The molecule has 0 aromatic rings. The van der Waals surface area contributed by atoms with Crippen LogP contribution in [0.15, 0.2) is 0 Å². The Kier molecular flexibility index (Phi) is 5.16. The molecule has 3 unspecified atom stereocenters. The van der Waals surface area contributed by atoms with Crippen molar-refractivity contribution in [2.45, 2.75) is 57.0 Å². The second-order valence-corrected chi connectivity index (χ2v) is 7.52. The number of likely N-dealkylation sites (tertiary alicyclic amines) is 1. The average Bonchev–Trinajstić information content (AvgIpc) is 3.31. The molecule has 1 saturated carbocycles. The van der Waals surface area contributed by atoms with E-state index in [1.807, 2.05) is 4.90 Å². The Morgan fingerprint density at radius 2 is 1.65 bits per heavy atom. The lowest BCUT2D eigenvalue weighted by Crippen LogP contribution is -2.50. The Balaban J connectivity index is 0.00000156. The number of halogens is 1.